The van der Waals surface area contributed by atoms with Crippen molar-refractivity contribution in [1.82, 2.24) is 10.0 Å². The molecule has 0 aromatic heterocycles. The fraction of sp³-hybridized carbons (Fsp3) is 0.533. The summed E-state index contributed by atoms with van der Waals surface area (Å²) in [5.74, 6) is 0.172. The van der Waals surface area contributed by atoms with Gasteiger partial charge in [0.2, 0.25) is 10.0 Å². The third-order valence-corrected chi connectivity index (χ3v) is 4.91. The van der Waals surface area contributed by atoms with Crippen molar-refractivity contribution in [2.45, 2.75) is 18.9 Å². The van der Waals surface area contributed by atoms with Crippen molar-refractivity contribution in [3.63, 3.8) is 0 Å². The maximum absolute atomic E-state index is 11.9. The molecule has 1 heterocycles. The number of amides is 1. The maximum atomic E-state index is 11.9. The number of hydrogen-bond donors (Lipinski definition) is 2. The first-order valence-corrected chi connectivity index (χ1v) is 9.16. The quantitative estimate of drug-likeness (QED) is 0.718. The van der Waals surface area contributed by atoms with Gasteiger partial charge in [0, 0.05) is 25.3 Å². The van der Waals surface area contributed by atoms with Gasteiger partial charge in [-0.3, -0.25) is 4.79 Å². The van der Waals surface area contributed by atoms with Gasteiger partial charge in [-0.05, 0) is 37.1 Å². The Balaban J connectivity index is 1.72. The molecule has 1 fully saturated rings. The number of methoxy groups -OCH3 is 1. The number of sulfonamides is 1. The van der Waals surface area contributed by atoms with Gasteiger partial charge in [-0.15, -0.1) is 0 Å². The first-order valence-electron chi connectivity index (χ1n) is 7.51. The molecule has 2 N–H and O–H groups in total. The molecule has 1 aromatic carbocycles. The van der Waals surface area contributed by atoms with Gasteiger partial charge in [0.15, 0.2) is 0 Å². The third-order valence-electron chi connectivity index (χ3n) is 3.56. The highest BCUT2D eigenvalue weighted by Crippen LogP contribution is 2.11. The van der Waals surface area contributed by atoms with E-state index in [1.807, 2.05) is 0 Å². The number of rotatable bonds is 8. The van der Waals surface area contributed by atoms with Crippen molar-refractivity contribution in [2.75, 3.05) is 32.6 Å². The molecule has 0 unspecified atom stereocenters. The van der Waals surface area contributed by atoms with E-state index >= 15 is 0 Å². The topological polar surface area (TPSA) is 93.7 Å². The van der Waals surface area contributed by atoms with Crippen LogP contribution in [0.25, 0.3) is 0 Å². The number of ether oxygens (including phenoxy) is 2. The summed E-state index contributed by atoms with van der Waals surface area (Å²) in [6, 6.07) is 6.60. The zero-order valence-electron chi connectivity index (χ0n) is 13.1. The van der Waals surface area contributed by atoms with E-state index in [1.54, 1.807) is 31.4 Å². The Morgan fingerprint density at radius 3 is 2.70 bits per heavy atom. The van der Waals surface area contributed by atoms with E-state index in [4.69, 9.17) is 9.47 Å². The predicted molar refractivity (Wildman–Crippen MR) is 86.1 cm³/mol. The van der Waals surface area contributed by atoms with Crippen molar-refractivity contribution in [3.8, 4) is 5.75 Å². The molecule has 0 spiro atoms. The van der Waals surface area contributed by atoms with Crippen LogP contribution in [0, 0.1) is 0 Å². The second-order valence-corrected chi connectivity index (χ2v) is 7.21. The van der Waals surface area contributed by atoms with Crippen LogP contribution < -0.4 is 14.8 Å². The summed E-state index contributed by atoms with van der Waals surface area (Å²) < 4.78 is 36.6. The summed E-state index contributed by atoms with van der Waals surface area (Å²) in [6.45, 7) is 1.02. The monoisotopic (exact) mass is 342 g/mol. The Hall–Kier alpha value is -1.64. The highest BCUT2D eigenvalue weighted by molar-refractivity contribution is 7.89. The molecule has 23 heavy (non-hydrogen) atoms. The zero-order chi connectivity index (χ0) is 16.7. The average molecular weight is 342 g/mol. The lowest BCUT2D eigenvalue weighted by atomic mass is 10.2. The standard InChI is InChI=1S/C15H22N2O5S/c1-21-13-6-4-12(5-7-13)15(18)16-8-10-23(19,20)17-11-14-3-2-9-22-14/h4-7,14,17H,2-3,8-11H2,1H3,(H,16,18)/t14-/m1/s1. The van der Waals surface area contributed by atoms with Crippen LogP contribution in [-0.2, 0) is 14.8 Å². The van der Waals surface area contributed by atoms with Crippen LogP contribution in [0.15, 0.2) is 24.3 Å². The number of benzene rings is 1. The Labute approximate surface area is 136 Å². The van der Waals surface area contributed by atoms with E-state index in [2.05, 4.69) is 10.0 Å². The fourth-order valence-electron chi connectivity index (χ4n) is 2.24. The lowest BCUT2D eigenvalue weighted by molar-refractivity contribution is 0.0956. The van der Waals surface area contributed by atoms with Crippen LogP contribution in [0.4, 0.5) is 0 Å². The molecule has 7 nitrogen and oxygen atoms in total. The molecule has 1 aliphatic rings. The Bertz CT molecular complexity index is 609. The van der Waals surface area contributed by atoms with Crippen LogP contribution in [0.1, 0.15) is 23.2 Å². The fourth-order valence-corrected chi connectivity index (χ4v) is 3.20. The lowest BCUT2D eigenvalue weighted by Gasteiger charge is -2.11. The molecule has 2 rings (SSSR count). The van der Waals surface area contributed by atoms with Crippen LogP contribution in [0.5, 0.6) is 5.75 Å². The molecule has 1 aliphatic heterocycles. The molecule has 0 aliphatic carbocycles. The van der Waals surface area contributed by atoms with Gasteiger partial charge >= 0.3 is 0 Å². The SMILES string of the molecule is COc1ccc(C(=O)NCCS(=O)(=O)NC[C@H]2CCCO2)cc1. The number of carbonyl (C=O) groups is 1. The van der Waals surface area contributed by atoms with E-state index < -0.39 is 10.0 Å². The van der Waals surface area contributed by atoms with Crippen LogP contribution >= 0.6 is 0 Å². The minimum absolute atomic E-state index is 0.0429. The highest BCUT2D eigenvalue weighted by atomic mass is 32.2. The normalized spacial score (nSPS) is 17.9. The summed E-state index contributed by atoms with van der Waals surface area (Å²) in [5.41, 5.74) is 0.454. The molecule has 0 radical (unpaired) electrons. The molecule has 0 bridgehead atoms. The van der Waals surface area contributed by atoms with Gasteiger partial charge in [-0.25, -0.2) is 13.1 Å². The molecular formula is C15H22N2O5S. The number of hydrogen-bond acceptors (Lipinski definition) is 5. The molecule has 128 valence electrons. The molecule has 1 aromatic rings. The van der Waals surface area contributed by atoms with E-state index in [0.29, 0.717) is 17.9 Å². The third kappa shape index (κ3) is 5.81. The van der Waals surface area contributed by atoms with Gasteiger partial charge in [-0.1, -0.05) is 0 Å². The second kappa shape index (κ2) is 8.28. The number of nitrogens with one attached hydrogen (secondary N) is 2. The van der Waals surface area contributed by atoms with Gasteiger partial charge in [0.25, 0.3) is 5.91 Å². The first-order chi connectivity index (χ1) is 11.0. The van der Waals surface area contributed by atoms with E-state index in [-0.39, 0.29) is 30.9 Å². The predicted octanol–water partition coefficient (Wildman–Crippen LogP) is 0.523. The van der Waals surface area contributed by atoms with E-state index in [1.165, 1.54) is 0 Å². The van der Waals surface area contributed by atoms with Crippen molar-refractivity contribution in [1.29, 1.82) is 0 Å². The molecule has 1 amide bonds. The minimum Gasteiger partial charge on any atom is -0.497 e. The molecule has 1 saturated heterocycles. The van der Waals surface area contributed by atoms with Crippen LogP contribution in [0.2, 0.25) is 0 Å². The smallest absolute Gasteiger partial charge is 0.251 e. The van der Waals surface area contributed by atoms with Gasteiger partial charge in [-0.2, -0.15) is 0 Å². The van der Waals surface area contributed by atoms with Crippen LogP contribution in [0.3, 0.4) is 0 Å². The highest BCUT2D eigenvalue weighted by Gasteiger charge is 2.19. The Morgan fingerprint density at radius 2 is 2.09 bits per heavy atom. The molecule has 8 heteroatoms. The molecular weight excluding hydrogens is 320 g/mol. The van der Waals surface area contributed by atoms with Gasteiger partial charge in [0.05, 0.1) is 19.0 Å². The van der Waals surface area contributed by atoms with E-state index in [9.17, 15) is 13.2 Å². The van der Waals surface area contributed by atoms with Crippen molar-refractivity contribution >= 4 is 15.9 Å². The lowest BCUT2D eigenvalue weighted by Crippen LogP contribution is -2.37. The maximum Gasteiger partial charge on any atom is 0.251 e. The molecule has 0 saturated carbocycles. The summed E-state index contributed by atoms with van der Waals surface area (Å²) in [5, 5.41) is 2.59. The summed E-state index contributed by atoms with van der Waals surface area (Å²) in [4.78, 5) is 11.9. The number of carbonyl (C=O) groups excluding carboxylic acids is 1. The summed E-state index contributed by atoms with van der Waals surface area (Å²) in [7, 11) is -1.88. The van der Waals surface area contributed by atoms with E-state index in [0.717, 1.165) is 12.8 Å². The van der Waals surface area contributed by atoms with Crippen LogP contribution in [-0.4, -0.2) is 53.0 Å². The summed E-state index contributed by atoms with van der Waals surface area (Å²) >= 11 is 0. The largest absolute Gasteiger partial charge is 0.497 e. The first kappa shape index (κ1) is 17.7. The Morgan fingerprint density at radius 1 is 1.35 bits per heavy atom. The van der Waals surface area contributed by atoms with Crippen molar-refractivity contribution < 1.29 is 22.7 Å². The Kier molecular flexibility index (Phi) is 6.37. The van der Waals surface area contributed by atoms with Gasteiger partial charge in [0.1, 0.15) is 5.75 Å². The van der Waals surface area contributed by atoms with Crippen molar-refractivity contribution in [2.24, 2.45) is 0 Å². The summed E-state index contributed by atoms with van der Waals surface area (Å²) in [6.07, 6.45) is 1.79. The van der Waals surface area contributed by atoms with Gasteiger partial charge < -0.3 is 14.8 Å². The second-order valence-electron chi connectivity index (χ2n) is 5.29. The molecule has 1 atom stereocenters. The minimum atomic E-state index is -3.42. The van der Waals surface area contributed by atoms with Crippen molar-refractivity contribution in [3.05, 3.63) is 29.8 Å². The average Bonchev–Trinajstić information content (AvgIpc) is 3.06. The zero-order valence-corrected chi connectivity index (χ0v) is 13.9.